The lowest BCUT2D eigenvalue weighted by molar-refractivity contribution is 0.0935. The zero-order valence-electron chi connectivity index (χ0n) is 10.4. The smallest absolute Gasteiger partial charge is 0.258 e. The first-order valence-corrected chi connectivity index (χ1v) is 5.72. The lowest BCUT2D eigenvalue weighted by atomic mass is 10.1. The van der Waals surface area contributed by atoms with Gasteiger partial charge in [0.05, 0.1) is 6.04 Å². The van der Waals surface area contributed by atoms with Crippen LogP contribution in [0.5, 0.6) is 0 Å². The number of carbonyl (C=O) groups is 1. The average molecular weight is 251 g/mol. The molecule has 0 radical (unpaired) electrons. The van der Waals surface area contributed by atoms with Crippen molar-refractivity contribution in [1.29, 1.82) is 0 Å². The van der Waals surface area contributed by atoms with E-state index in [-0.39, 0.29) is 5.56 Å². The predicted molar refractivity (Wildman–Crippen MR) is 66.1 cm³/mol. The predicted octanol–water partition coefficient (Wildman–Crippen LogP) is 2.80. The van der Waals surface area contributed by atoms with E-state index in [4.69, 9.17) is 6.42 Å². The van der Waals surface area contributed by atoms with Gasteiger partial charge in [0.15, 0.2) is 0 Å². The van der Waals surface area contributed by atoms with Crippen molar-refractivity contribution in [1.82, 2.24) is 5.32 Å². The number of halogens is 2. The van der Waals surface area contributed by atoms with Gasteiger partial charge in [0.25, 0.3) is 5.91 Å². The fourth-order valence-corrected chi connectivity index (χ4v) is 1.58. The summed E-state index contributed by atoms with van der Waals surface area (Å²) in [7, 11) is 0. The third kappa shape index (κ3) is 3.07. The summed E-state index contributed by atoms with van der Waals surface area (Å²) in [6.07, 6.45) is 6.58. The molecule has 0 aliphatic heterocycles. The molecular weight excluding hydrogens is 236 g/mol. The van der Waals surface area contributed by atoms with Crippen molar-refractivity contribution in [3.63, 3.8) is 0 Å². The van der Waals surface area contributed by atoms with E-state index in [9.17, 15) is 13.6 Å². The molecule has 1 aromatic rings. The summed E-state index contributed by atoms with van der Waals surface area (Å²) in [5.41, 5.74) is -0.361. The van der Waals surface area contributed by atoms with Crippen molar-refractivity contribution in [2.45, 2.75) is 32.7 Å². The minimum Gasteiger partial charge on any atom is -0.338 e. The van der Waals surface area contributed by atoms with Gasteiger partial charge in [0.1, 0.15) is 17.2 Å². The number of benzene rings is 1. The van der Waals surface area contributed by atoms with Crippen LogP contribution in [0.15, 0.2) is 12.1 Å². The quantitative estimate of drug-likeness (QED) is 0.819. The van der Waals surface area contributed by atoms with Crippen molar-refractivity contribution in [3.05, 3.63) is 34.9 Å². The van der Waals surface area contributed by atoms with Crippen LogP contribution in [0, 0.1) is 30.9 Å². The molecule has 1 atom stereocenters. The van der Waals surface area contributed by atoms with Gasteiger partial charge < -0.3 is 5.32 Å². The van der Waals surface area contributed by atoms with Gasteiger partial charge in [-0.25, -0.2) is 8.78 Å². The lowest BCUT2D eigenvalue weighted by Gasteiger charge is -2.13. The van der Waals surface area contributed by atoms with Crippen molar-refractivity contribution in [2.75, 3.05) is 0 Å². The molecule has 2 nitrogen and oxygen atoms in total. The van der Waals surface area contributed by atoms with E-state index in [0.717, 1.165) is 12.5 Å². The zero-order valence-corrected chi connectivity index (χ0v) is 10.4. The van der Waals surface area contributed by atoms with Gasteiger partial charge in [-0.3, -0.25) is 4.79 Å². The largest absolute Gasteiger partial charge is 0.338 e. The second-order valence-electron chi connectivity index (χ2n) is 4.03. The normalized spacial score (nSPS) is 11.7. The highest BCUT2D eigenvalue weighted by molar-refractivity contribution is 5.95. The number of aryl methyl sites for hydroxylation is 1. The molecule has 0 heterocycles. The summed E-state index contributed by atoms with van der Waals surface area (Å²) in [5, 5.41) is 2.44. The molecule has 0 bridgehead atoms. The highest BCUT2D eigenvalue weighted by Crippen LogP contribution is 2.16. The van der Waals surface area contributed by atoms with E-state index in [2.05, 4.69) is 11.2 Å². The number of hydrogen-bond donors (Lipinski definition) is 1. The van der Waals surface area contributed by atoms with Crippen LogP contribution in [0.3, 0.4) is 0 Å². The molecule has 1 aromatic carbocycles. The highest BCUT2D eigenvalue weighted by Gasteiger charge is 2.20. The number of nitrogens with one attached hydrogen (secondary N) is 1. The first-order chi connectivity index (χ1) is 8.51. The fourth-order valence-electron chi connectivity index (χ4n) is 1.58. The fraction of sp³-hybridized carbons (Fsp3) is 0.357. The highest BCUT2D eigenvalue weighted by atomic mass is 19.1. The van der Waals surface area contributed by atoms with Gasteiger partial charge in [-0.2, -0.15) is 0 Å². The Bertz CT molecular complexity index is 491. The molecular formula is C14H15F2NO. The topological polar surface area (TPSA) is 29.1 Å². The van der Waals surface area contributed by atoms with Gasteiger partial charge in [-0.15, -0.1) is 6.42 Å². The Morgan fingerprint density at radius 3 is 2.72 bits per heavy atom. The van der Waals surface area contributed by atoms with Gasteiger partial charge in [0, 0.05) is 0 Å². The summed E-state index contributed by atoms with van der Waals surface area (Å²) in [6.45, 7) is 3.38. The van der Waals surface area contributed by atoms with Crippen molar-refractivity contribution in [2.24, 2.45) is 0 Å². The van der Waals surface area contributed by atoms with E-state index in [1.54, 1.807) is 0 Å². The number of hydrogen-bond acceptors (Lipinski definition) is 1. The van der Waals surface area contributed by atoms with Crippen LogP contribution < -0.4 is 5.32 Å². The third-order valence-corrected chi connectivity index (χ3v) is 2.60. The van der Waals surface area contributed by atoms with Gasteiger partial charge in [-0.05, 0) is 25.0 Å². The van der Waals surface area contributed by atoms with Crippen LogP contribution >= 0.6 is 0 Å². The Labute approximate surface area is 105 Å². The van der Waals surface area contributed by atoms with E-state index >= 15 is 0 Å². The number of carbonyl (C=O) groups excluding carboxylic acids is 1. The molecule has 4 heteroatoms. The van der Waals surface area contributed by atoms with Crippen molar-refractivity contribution < 1.29 is 13.6 Å². The second kappa shape index (κ2) is 6.15. The monoisotopic (exact) mass is 251 g/mol. The van der Waals surface area contributed by atoms with Gasteiger partial charge >= 0.3 is 0 Å². The minimum absolute atomic E-state index is 0.217. The van der Waals surface area contributed by atoms with E-state index in [1.807, 2.05) is 6.92 Å². The maximum Gasteiger partial charge on any atom is 0.258 e. The molecule has 0 aliphatic carbocycles. The van der Waals surface area contributed by atoms with Gasteiger partial charge in [-0.1, -0.05) is 25.3 Å². The lowest BCUT2D eigenvalue weighted by Crippen LogP contribution is -2.34. The summed E-state index contributed by atoms with van der Waals surface area (Å²) >= 11 is 0. The molecule has 0 saturated heterocycles. The molecule has 0 fully saturated rings. The molecule has 0 aromatic heterocycles. The maximum absolute atomic E-state index is 13.7. The number of amides is 1. The van der Waals surface area contributed by atoms with Crippen molar-refractivity contribution in [3.8, 4) is 12.3 Å². The maximum atomic E-state index is 13.7. The molecule has 1 N–H and O–H groups in total. The average Bonchev–Trinajstić information content (AvgIpc) is 2.34. The van der Waals surface area contributed by atoms with Gasteiger partial charge in [0.2, 0.25) is 0 Å². The number of rotatable bonds is 4. The molecule has 0 aliphatic rings. The summed E-state index contributed by atoms with van der Waals surface area (Å²) in [4.78, 5) is 11.8. The molecule has 0 saturated carbocycles. The van der Waals surface area contributed by atoms with Crippen LogP contribution in [0.1, 0.15) is 35.7 Å². The number of terminal acetylenes is 1. The third-order valence-electron chi connectivity index (χ3n) is 2.60. The molecule has 1 amide bonds. The van der Waals surface area contributed by atoms with E-state index in [1.165, 1.54) is 13.0 Å². The Kier molecular flexibility index (Phi) is 4.85. The Hall–Kier alpha value is -1.89. The minimum atomic E-state index is -0.886. The molecule has 0 spiro atoms. The second-order valence-corrected chi connectivity index (χ2v) is 4.03. The zero-order chi connectivity index (χ0) is 13.7. The summed E-state index contributed by atoms with van der Waals surface area (Å²) in [6, 6.07) is 1.84. The molecule has 1 unspecified atom stereocenters. The van der Waals surface area contributed by atoms with Crippen molar-refractivity contribution >= 4 is 5.91 Å². The van der Waals surface area contributed by atoms with Crippen LogP contribution in [0.25, 0.3) is 0 Å². The SMILES string of the molecule is C#CC(CCC)NC(=O)c1c(F)ccc(C)c1F. The van der Waals surface area contributed by atoms with E-state index < -0.39 is 29.1 Å². The standard InChI is InChI=1S/C14H15F2NO/c1-4-6-10(5-2)17-14(18)12-11(15)8-7-9(3)13(12)16/h2,7-8,10H,4,6H2,1,3H3,(H,17,18). The van der Waals surface area contributed by atoms with E-state index in [0.29, 0.717) is 6.42 Å². The Morgan fingerprint density at radius 1 is 1.50 bits per heavy atom. The van der Waals surface area contributed by atoms with Crippen LogP contribution in [-0.4, -0.2) is 11.9 Å². The summed E-state index contributed by atoms with van der Waals surface area (Å²) in [5.74, 6) is -0.168. The summed E-state index contributed by atoms with van der Waals surface area (Å²) < 4.78 is 27.2. The first kappa shape index (κ1) is 14.2. The molecule has 1 rings (SSSR count). The Balaban J connectivity index is 2.98. The van der Waals surface area contributed by atoms with Crippen LogP contribution in [-0.2, 0) is 0 Å². The molecule has 96 valence electrons. The van der Waals surface area contributed by atoms with Crippen LogP contribution in [0.2, 0.25) is 0 Å². The molecule has 18 heavy (non-hydrogen) atoms. The Morgan fingerprint density at radius 2 is 2.17 bits per heavy atom. The first-order valence-electron chi connectivity index (χ1n) is 5.72. The van der Waals surface area contributed by atoms with Crippen LogP contribution in [0.4, 0.5) is 8.78 Å².